The summed E-state index contributed by atoms with van der Waals surface area (Å²) in [7, 11) is -2.16. The van der Waals surface area contributed by atoms with E-state index in [2.05, 4.69) is 4.72 Å². The summed E-state index contributed by atoms with van der Waals surface area (Å²) in [6.45, 7) is 6.11. The van der Waals surface area contributed by atoms with Crippen LogP contribution in [-0.2, 0) is 21.4 Å². The highest BCUT2D eigenvalue weighted by Gasteiger charge is 2.24. The summed E-state index contributed by atoms with van der Waals surface area (Å²) >= 11 is 0. The molecule has 1 N–H and O–H groups in total. The number of carbonyl (C=O) groups excluding carboxylic acids is 1. The third-order valence-electron chi connectivity index (χ3n) is 4.10. The van der Waals surface area contributed by atoms with Crippen LogP contribution in [0.2, 0.25) is 0 Å². The Kier molecular flexibility index (Phi) is 6.98. The van der Waals surface area contributed by atoms with Crippen LogP contribution in [0, 0.1) is 6.92 Å². The van der Waals surface area contributed by atoms with Crippen molar-refractivity contribution in [1.29, 1.82) is 0 Å². The zero-order chi connectivity index (χ0) is 20.0. The smallest absolute Gasteiger partial charge is 0.241 e. The maximum atomic E-state index is 12.6. The second kappa shape index (κ2) is 9.01. The molecule has 0 radical (unpaired) electrons. The molecule has 0 unspecified atom stereocenters. The van der Waals surface area contributed by atoms with Crippen LogP contribution in [0.1, 0.15) is 25.0 Å². The number of amides is 1. The molecule has 7 heteroatoms. The lowest BCUT2D eigenvalue weighted by Crippen LogP contribution is -2.45. The molecule has 27 heavy (non-hydrogen) atoms. The number of rotatable bonds is 8. The molecular formula is C20H26N2O4S. The van der Waals surface area contributed by atoms with Gasteiger partial charge in [0.15, 0.2) is 0 Å². The third kappa shape index (κ3) is 5.55. The predicted octanol–water partition coefficient (Wildman–Crippen LogP) is 2.72. The van der Waals surface area contributed by atoms with E-state index in [9.17, 15) is 13.2 Å². The lowest BCUT2D eigenvalue weighted by atomic mass is 10.2. The molecule has 6 nitrogen and oxygen atoms in total. The molecule has 0 saturated heterocycles. The van der Waals surface area contributed by atoms with Crippen molar-refractivity contribution in [2.75, 3.05) is 13.7 Å². The summed E-state index contributed by atoms with van der Waals surface area (Å²) in [5, 5.41) is 0. The van der Waals surface area contributed by atoms with Crippen LogP contribution in [0.5, 0.6) is 5.75 Å². The van der Waals surface area contributed by atoms with E-state index in [0.717, 1.165) is 11.1 Å². The van der Waals surface area contributed by atoms with Crippen LogP contribution >= 0.6 is 0 Å². The van der Waals surface area contributed by atoms with E-state index >= 15 is 0 Å². The van der Waals surface area contributed by atoms with Crippen LogP contribution in [0.15, 0.2) is 53.4 Å². The monoisotopic (exact) mass is 390 g/mol. The Morgan fingerprint density at radius 1 is 1.19 bits per heavy atom. The van der Waals surface area contributed by atoms with E-state index < -0.39 is 16.1 Å². The molecule has 2 rings (SSSR count). The summed E-state index contributed by atoms with van der Waals surface area (Å²) in [5.74, 6) is 0.341. The highest BCUT2D eigenvalue weighted by molar-refractivity contribution is 7.89. The lowest BCUT2D eigenvalue weighted by Gasteiger charge is -2.22. The lowest BCUT2D eigenvalue weighted by molar-refractivity contribution is -0.131. The van der Waals surface area contributed by atoms with Gasteiger partial charge in [0.1, 0.15) is 5.75 Å². The van der Waals surface area contributed by atoms with Gasteiger partial charge >= 0.3 is 0 Å². The van der Waals surface area contributed by atoms with Crippen molar-refractivity contribution in [2.24, 2.45) is 0 Å². The number of hydrogen-bond acceptors (Lipinski definition) is 4. The molecule has 0 spiro atoms. The minimum absolute atomic E-state index is 0.105. The fourth-order valence-corrected chi connectivity index (χ4v) is 4.00. The third-order valence-corrected chi connectivity index (χ3v) is 5.64. The van der Waals surface area contributed by atoms with Crippen LogP contribution < -0.4 is 9.46 Å². The van der Waals surface area contributed by atoms with Crippen molar-refractivity contribution in [1.82, 2.24) is 9.62 Å². The van der Waals surface area contributed by atoms with E-state index in [0.29, 0.717) is 18.9 Å². The topological polar surface area (TPSA) is 75.7 Å². The van der Waals surface area contributed by atoms with Gasteiger partial charge in [-0.25, -0.2) is 8.42 Å². The van der Waals surface area contributed by atoms with Gasteiger partial charge in [-0.2, -0.15) is 4.72 Å². The maximum Gasteiger partial charge on any atom is 0.241 e. The quantitative estimate of drug-likeness (QED) is 0.752. The van der Waals surface area contributed by atoms with E-state index in [4.69, 9.17) is 4.74 Å². The van der Waals surface area contributed by atoms with Crippen molar-refractivity contribution in [3.8, 4) is 5.75 Å². The molecule has 0 saturated carbocycles. The molecule has 1 atom stereocenters. The first-order valence-corrected chi connectivity index (χ1v) is 10.3. The Morgan fingerprint density at radius 3 is 2.44 bits per heavy atom. The number of likely N-dealkylation sites (N-methyl/N-ethyl adjacent to an activating group) is 1. The summed E-state index contributed by atoms with van der Waals surface area (Å²) in [6.07, 6.45) is 0. The van der Waals surface area contributed by atoms with Gasteiger partial charge in [-0.1, -0.05) is 30.3 Å². The molecular weight excluding hydrogens is 364 g/mol. The zero-order valence-electron chi connectivity index (χ0n) is 16.1. The number of ether oxygens (including phenoxy) is 1. The van der Waals surface area contributed by atoms with Crippen LogP contribution in [0.3, 0.4) is 0 Å². The molecule has 0 bridgehead atoms. The first-order chi connectivity index (χ1) is 12.7. The molecule has 2 aromatic rings. The highest BCUT2D eigenvalue weighted by Crippen LogP contribution is 2.22. The van der Waals surface area contributed by atoms with Gasteiger partial charge in [-0.15, -0.1) is 0 Å². The molecule has 0 heterocycles. The fraction of sp³-hybridized carbons (Fsp3) is 0.350. The Hall–Kier alpha value is -2.38. The Labute approximate surface area is 161 Å². The van der Waals surface area contributed by atoms with Gasteiger partial charge < -0.3 is 9.64 Å². The van der Waals surface area contributed by atoms with Crippen LogP contribution in [0.4, 0.5) is 0 Å². The Morgan fingerprint density at radius 2 is 1.85 bits per heavy atom. The standard InChI is InChI=1S/C20H26N2O4S/c1-5-26-19-12-11-18(13-15(19)2)27(24,25)21-16(3)20(23)22(4)14-17-9-7-6-8-10-17/h6-13,16,21H,5,14H2,1-4H3/t16-/m0/s1. The summed E-state index contributed by atoms with van der Waals surface area (Å²) < 4.78 is 33.1. The SMILES string of the molecule is CCOc1ccc(S(=O)(=O)N[C@@H](C)C(=O)N(C)Cc2ccccc2)cc1C. The van der Waals surface area contributed by atoms with E-state index in [-0.39, 0.29) is 10.8 Å². The van der Waals surface area contributed by atoms with E-state index in [1.807, 2.05) is 37.3 Å². The zero-order valence-corrected chi connectivity index (χ0v) is 16.9. The molecule has 0 aliphatic rings. The number of hydrogen-bond donors (Lipinski definition) is 1. The molecule has 0 aliphatic carbocycles. The number of carbonyl (C=O) groups is 1. The molecule has 0 aromatic heterocycles. The molecule has 0 fully saturated rings. The van der Waals surface area contributed by atoms with Gasteiger partial charge in [0.25, 0.3) is 0 Å². The second-order valence-corrected chi connectivity index (χ2v) is 8.10. The van der Waals surface area contributed by atoms with Crippen molar-refractivity contribution < 1.29 is 17.9 Å². The van der Waals surface area contributed by atoms with Crippen molar-refractivity contribution in [3.63, 3.8) is 0 Å². The largest absolute Gasteiger partial charge is 0.494 e. The summed E-state index contributed by atoms with van der Waals surface area (Å²) in [5.41, 5.74) is 1.70. The number of nitrogens with one attached hydrogen (secondary N) is 1. The highest BCUT2D eigenvalue weighted by atomic mass is 32.2. The van der Waals surface area contributed by atoms with Crippen molar-refractivity contribution in [3.05, 3.63) is 59.7 Å². The Balaban J connectivity index is 2.07. The number of benzene rings is 2. The normalized spacial score (nSPS) is 12.4. The van der Waals surface area contributed by atoms with Gasteiger partial charge in [0.2, 0.25) is 15.9 Å². The average molecular weight is 391 g/mol. The predicted molar refractivity (Wildman–Crippen MR) is 105 cm³/mol. The van der Waals surface area contributed by atoms with Crippen molar-refractivity contribution in [2.45, 2.75) is 38.3 Å². The van der Waals surface area contributed by atoms with Crippen molar-refractivity contribution >= 4 is 15.9 Å². The minimum Gasteiger partial charge on any atom is -0.494 e. The molecule has 146 valence electrons. The summed E-state index contributed by atoms with van der Waals surface area (Å²) in [4.78, 5) is 14.2. The average Bonchev–Trinajstić information content (AvgIpc) is 2.63. The summed E-state index contributed by atoms with van der Waals surface area (Å²) in [6, 6.07) is 13.3. The molecule has 0 aliphatic heterocycles. The first-order valence-electron chi connectivity index (χ1n) is 8.79. The van der Waals surface area contributed by atoms with E-state index in [1.165, 1.54) is 17.0 Å². The van der Waals surface area contributed by atoms with E-state index in [1.54, 1.807) is 27.0 Å². The van der Waals surface area contributed by atoms with Crippen LogP contribution in [-0.4, -0.2) is 38.9 Å². The second-order valence-electron chi connectivity index (χ2n) is 6.38. The maximum absolute atomic E-state index is 12.6. The number of nitrogens with zero attached hydrogens (tertiary/aromatic N) is 1. The number of aryl methyl sites for hydroxylation is 1. The first kappa shape index (κ1) is 20.9. The fourth-order valence-electron chi connectivity index (χ4n) is 2.72. The van der Waals surface area contributed by atoms with Gasteiger partial charge in [0.05, 0.1) is 17.5 Å². The minimum atomic E-state index is -3.82. The van der Waals surface area contributed by atoms with Gasteiger partial charge in [-0.05, 0) is 50.1 Å². The van der Waals surface area contributed by atoms with Crippen LogP contribution in [0.25, 0.3) is 0 Å². The molecule has 1 amide bonds. The Bertz CT molecular complexity index is 882. The molecule has 2 aromatic carbocycles. The van der Waals surface area contributed by atoms with Gasteiger partial charge in [0, 0.05) is 13.6 Å². The number of sulfonamides is 1. The van der Waals surface area contributed by atoms with Gasteiger partial charge in [-0.3, -0.25) is 4.79 Å².